The van der Waals surface area contributed by atoms with Crippen molar-refractivity contribution in [2.45, 2.75) is 39.2 Å². The van der Waals surface area contributed by atoms with Crippen LogP contribution in [0.15, 0.2) is 42.6 Å². The van der Waals surface area contributed by atoms with Gasteiger partial charge in [0.25, 0.3) is 0 Å². The van der Waals surface area contributed by atoms with Gasteiger partial charge in [0.1, 0.15) is 5.75 Å². The van der Waals surface area contributed by atoms with E-state index in [1.807, 2.05) is 18.0 Å². The lowest BCUT2D eigenvalue weighted by atomic mass is 9.95. The third-order valence-corrected chi connectivity index (χ3v) is 6.60. The van der Waals surface area contributed by atoms with Gasteiger partial charge in [-0.3, -0.25) is 4.79 Å². The summed E-state index contributed by atoms with van der Waals surface area (Å²) in [5, 5.41) is 1.21. The highest BCUT2D eigenvalue weighted by atomic mass is 16.5. The number of aromatic nitrogens is 1. The van der Waals surface area contributed by atoms with Crippen molar-refractivity contribution < 1.29 is 19.1 Å². The molecule has 1 atom stereocenters. The van der Waals surface area contributed by atoms with Gasteiger partial charge in [0.15, 0.2) is 0 Å². The second-order valence-corrected chi connectivity index (χ2v) is 8.84. The first kappa shape index (κ1) is 22.9. The van der Waals surface area contributed by atoms with E-state index in [2.05, 4.69) is 35.9 Å². The Morgan fingerprint density at radius 2 is 1.94 bits per heavy atom. The molecule has 1 fully saturated rings. The molecule has 6 nitrogen and oxygen atoms in total. The van der Waals surface area contributed by atoms with E-state index >= 15 is 0 Å². The molecule has 0 aliphatic carbocycles. The first-order valence-corrected chi connectivity index (χ1v) is 11.6. The number of aryl methyl sites for hydroxylation is 1. The Kier molecular flexibility index (Phi) is 6.72. The van der Waals surface area contributed by atoms with E-state index in [0.717, 1.165) is 37.9 Å². The number of fused-ring (bicyclic) bond motifs is 1. The summed E-state index contributed by atoms with van der Waals surface area (Å²) < 4.78 is 12.7. The zero-order valence-electron chi connectivity index (χ0n) is 19.9. The summed E-state index contributed by atoms with van der Waals surface area (Å²) in [4.78, 5) is 26.2. The molecule has 1 aromatic heterocycles. The van der Waals surface area contributed by atoms with E-state index in [1.165, 1.54) is 29.1 Å². The minimum Gasteiger partial charge on any atom is -0.496 e. The molecule has 3 aromatic rings. The third kappa shape index (κ3) is 4.61. The van der Waals surface area contributed by atoms with Crippen molar-refractivity contribution in [3.05, 3.63) is 64.8 Å². The molecule has 0 N–H and O–H groups in total. The zero-order valence-corrected chi connectivity index (χ0v) is 19.9. The van der Waals surface area contributed by atoms with E-state index < -0.39 is 0 Å². The number of carbonyl (C=O) groups excluding carboxylic acids is 2. The Labute approximate surface area is 195 Å². The molecule has 33 heavy (non-hydrogen) atoms. The fraction of sp³-hybridized carbons (Fsp3) is 0.407. The topological polar surface area (TPSA) is 60.8 Å². The van der Waals surface area contributed by atoms with E-state index in [4.69, 9.17) is 9.47 Å². The number of nitrogens with zero attached hydrogens (tertiary/aromatic N) is 2. The standard InChI is InChI=1S/C27H32N2O4/c1-5-11-29-17-22(15-19-7-8-21(27(31)33-4)16-25(19)32-3)23-14-18(6-9-24(23)29)13-20-10-12-28(2)26(20)30/h6-9,14,16-17,20H,5,10-13,15H2,1-4H3. The predicted octanol–water partition coefficient (Wildman–Crippen LogP) is 4.46. The predicted molar refractivity (Wildman–Crippen MR) is 129 cm³/mol. The van der Waals surface area contributed by atoms with E-state index in [0.29, 0.717) is 17.7 Å². The largest absolute Gasteiger partial charge is 0.496 e. The number of esters is 1. The quantitative estimate of drug-likeness (QED) is 0.478. The Morgan fingerprint density at radius 3 is 2.61 bits per heavy atom. The lowest BCUT2D eigenvalue weighted by Crippen LogP contribution is -2.23. The van der Waals surface area contributed by atoms with Crippen LogP contribution in [0.4, 0.5) is 0 Å². The number of ether oxygens (including phenoxy) is 2. The molecule has 1 aliphatic rings. The summed E-state index contributed by atoms with van der Waals surface area (Å²) in [5.41, 5.74) is 5.09. The van der Waals surface area contributed by atoms with Crippen molar-refractivity contribution in [3.63, 3.8) is 0 Å². The average Bonchev–Trinajstić information content (AvgIpc) is 3.33. The van der Waals surface area contributed by atoms with Gasteiger partial charge in [0.05, 0.1) is 19.8 Å². The SMILES string of the molecule is CCCn1cc(Cc2ccc(C(=O)OC)cc2OC)c2cc(CC3CCN(C)C3=O)ccc21. The number of likely N-dealkylation sites (tertiary alicyclic amines) is 1. The van der Waals surface area contributed by atoms with Gasteiger partial charge in [-0.05, 0) is 60.2 Å². The molecule has 2 heterocycles. The number of amides is 1. The highest BCUT2D eigenvalue weighted by molar-refractivity contribution is 5.90. The van der Waals surface area contributed by atoms with Crippen LogP contribution < -0.4 is 4.74 Å². The summed E-state index contributed by atoms with van der Waals surface area (Å²) in [5.74, 6) is 0.607. The molecule has 0 saturated carbocycles. The van der Waals surface area contributed by atoms with Crippen LogP contribution in [-0.4, -0.2) is 49.2 Å². The minimum atomic E-state index is -0.379. The fourth-order valence-corrected chi connectivity index (χ4v) is 4.82. The molecule has 1 amide bonds. The van der Waals surface area contributed by atoms with Crippen LogP contribution in [-0.2, 0) is 28.9 Å². The average molecular weight is 449 g/mol. The molecule has 4 rings (SSSR count). The summed E-state index contributed by atoms with van der Waals surface area (Å²) >= 11 is 0. The van der Waals surface area contributed by atoms with E-state index in [-0.39, 0.29) is 17.8 Å². The molecular weight excluding hydrogens is 416 g/mol. The summed E-state index contributed by atoms with van der Waals surface area (Å²) in [7, 11) is 4.88. The zero-order chi connectivity index (χ0) is 23.5. The van der Waals surface area contributed by atoms with Gasteiger partial charge in [-0.15, -0.1) is 0 Å². The highest BCUT2D eigenvalue weighted by Gasteiger charge is 2.29. The number of rotatable bonds is 8. The van der Waals surface area contributed by atoms with Gasteiger partial charge in [-0.1, -0.05) is 19.1 Å². The maximum absolute atomic E-state index is 12.4. The van der Waals surface area contributed by atoms with Crippen LogP contribution in [0.25, 0.3) is 10.9 Å². The van der Waals surface area contributed by atoms with Crippen LogP contribution >= 0.6 is 0 Å². The minimum absolute atomic E-state index is 0.0691. The summed E-state index contributed by atoms with van der Waals surface area (Å²) in [6, 6.07) is 12.0. The maximum atomic E-state index is 12.4. The Morgan fingerprint density at radius 1 is 1.12 bits per heavy atom. The van der Waals surface area contributed by atoms with Crippen molar-refractivity contribution in [1.29, 1.82) is 0 Å². The molecule has 0 spiro atoms. The number of hydrogen-bond donors (Lipinski definition) is 0. The molecule has 0 radical (unpaired) electrons. The van der Waals surface area contributed by atoms with Crippen LogP contribution in [0.2, 0.25) is 0 Å². The molecule has 1 aliphatic heterocycles. The number of carbonyl (C=O) groups is 2. The van der Waals surface area contributed by atoms with Crippen LogP contribution in [0.1, 0.15) is 46.8 Å². The van der Waals surface area contributed by atoms with Gasteiger partial charge in [-0.25, -0.2) is 4.79 Å². The molecule has 2 aromatic carbocycles. The fourth-order valence-electron chi connectivity index (χ4n) is 4.82. The van der Waals surface area contributed by atoms with E-state index in [9.17, 15) is 9.59 Å². The van der Waals surface area contributed by atoms with Gasteiger partial charge in [0, 0.05) is 49.6 Å². The maximum Gasteiger partial charge on any atom is 0.337 e. The van der Waals surface area contributed by atoms with Crippen molar-refractivity contribution >= 4 is 22.8 Å². The lowest BCUT2D eigenvalue weighted by molar-refractivity contribution is -0.129. The van der Waals surface area contributed by atoms with Gasteiger partial charge < -0.3 is 18.9 Å². The second kappa shape index (κ2) is 9.69. The van der Waals surface area contributed by atoms with Crippen LogP contribution in [0.5, 0.6) is 5.75 Å². The summed E-state index contributed by atoms with van der Waals surface area (Å²) in [6.45, 7) is 3.96. The lowest BCUT2D eigenvalue weighted by Gasteiger charge is -2.11. The summed E-state index contributed by atoms with van der Waals surface area (Å²) in [6.07, 6.45) is 5.65. The normalized spacial score (nSPS) is 15.9. The number of benzene rings is 2. The number of methoxy groups -OCH3 is 2. The van der Waals surface area contributed by atoms with Crippen LogP contribution in [0.3, 0.4) is 0 Å². The Bertz CT molecular complexity index is 1180. The first-order chi connectivity index (χ1) is 15.9. The molecule has 6 heteroatoms. The van der Waals surface area contributed by atoms with Crippen molar-refractivity contribution in [1.82, 2.24) is 9.47 Å². The van der Waals surface area contributed by atoms with Crippen LogP contribution in [0, 0.1) is 5.92 Å². The smallest absolute Gasteiger partial charge is 0.337 e. The second-order valence-electron chi connectivity index (χ2n) is 8.84. The van der Waals surface area contributed by atoms with Crippen molar-refractivity contribution in [2.24, 2.45) is 5.92 Å². The number of hydrogen-bond acceptors (Lipinski definition) is 4. The molecular formula is C27H32N2O4. The first-order valence-electron chi connectivity index (χ1n) is 11.6. The molecule has 174 valence electrons. The van der Waals surface area contributed by atoms with E-state index in [1.54, 1.807) is 19.2 Å². The monoisotopic (exact) mass is 448 g/mol. The molecule has 0 bridgehead atoms. The molecule has 1 unspecified atom stereocenters. The van der Waals surface area contributed by atoms with Gasteiger partial charge in [-0.2, -0.15) is 0 Å². The Hall–Kier alpha value is -3.28. The Balaban J connectivity index is 1.69. The highest BCUT2D eigenvalue weighted by Crippen LogP contribution is 2.31. The van der Waals surface area contributed by atoms with Gasteiger partial charge in [0.2, 0.25) is 5.91 Å². The van der Waals surface area contributed by atoms with Crippen molar-refractivity contribution in [2.75, 3.05) is 27.8 Å². The van der Waals surface area contributed by atoms with Crippen molar-refractivity contribution in [3.8, 4) is 5.75 Å². The third-order valence-electron chi connectivity index (χ3n) is 6.60. The molecule has 1 saturated heterocycles. The van der Waals surface area contributed by atoms with Gasteiger partial charge >= 0.3 is 5.97 Å².